The first-order chi connectivity index (χ1) is 11.8. The Hall–Kier alpha value is -2.37. The van der Waals surface area contributed by atoms with Crippen LogP contribution < -0.4 is 5.32 Å². The number of benzene rings is 2. The van der Waals surface area contributed by atoms with Crippen LogP contribution in [0.1, 0.15) is 11.7 Å². The van der Waals surface area contributed by atoms with Crippen LogP contribution in [0.3, 0.4) is 0 Å². The third kappa shape index (κ3) is 4.81. The minimum absolute atomic E-state index is 0.312. The number of carbonyl (C=O) groups is 1. The summed E-state index contributed by atoms with van der Waals surface area (Å²) in [6.45, 7) is 3.81. The first kappa shape index (κ1) is 16.5. The predicted octanol–water partition coefficient (Wildman–Crippen LogP) is 3.31. The zero-order valence-electron chi connectivity index (χ0n) is 13.6. The highest BCUT2D eigenvalue weighted by atomic mass is 16.6. The van der Waals surface area contributed by atoms with Gasteiger partial charge in [-0.05, 0) is 17.7 Å². The molecule has 1 heterocycles. The molecule has 3 rings (SSSR count). The third-order valence-electron chi connectivity index (χ3n) is 3.97. The second kappa shape index (κ2) is 8.47. The van der Waals surface area contributed by atoms with Gasteiger partial charge in [0.05, 0.1) is 13.2 Å². The average Bonchev–Trinajstić information content (AvgIpc) is 2.63. The third-order valence-corrected chi connectivity index (χ3v) is 3.97. The lowest BCUT2D eigenvalue weighted by molar-refractivity contribution is 0.0105. The van der Waals surface area contributed by atoms with Crippen molar-refractivity contribution in [2.24, 2.45) is 0 Å². The van der Waals surface area contributed by atoms with Gasteiger partial charge >= 0.3 is 6.09 Å². The standard InChI is InChI=1S/C19H22N2O3/c22-19(20-17-9-5-2-6-10-17)24-18(16-7-3-1-4-8-16)15-21-11-13-23-14-12-21/h1-10,18H,11-15H2,(H,20,22). The number of nitrogens with one attached hydrogen (secondary N) is 1. The molecule has 1 amide bonds. The minimum Gasteiger partial charge on any atom is -0.440 e. The molecule has 1 aliphatic heterocycles. The van der Waals surface area contributed by atoms with Crippen LogP contribution in [0.4, 0.5) is 10.5 Å². The molecule has 2 aromatic rings. The molecule has 1 unspecified atom stereocenters. The van der Waals surface area contributed by atoms with Gasteiger partial charge in [0.25, 0.3) is 0 Å². The second-order valence-electron chi connectivity index (χ2n) is 5.71. The molecule has 5 nitrogen and oxygen atoms in total. The first-order valence-corrected chi connectivity index (χ1v) is 8.19. The number of para-hydroxylation sites is 1. The maximum atomic E-state index is 12.3. The van der Waals surface area contributed by atoms with Crippen LogP contribution in [-0.2, 0) is 9.47 Å². The number of anilines is 1. The van der Waals surface area contributed by atoms with Crippen LogP contribution in [-0.4, -0.2) is 43.8 Å². The number of carbonyl (C=O) groups excluding carboxylic acids is 1. The Labute approximate surface area is 142 Å². The minimum atomic E-state index is -0.441. The van der Waals surface area contributed by atoms with Crippen LogP contribution in [0.15, 0.2) is 60.7 Å². The van der Waals surface area contributed by atoms with Gasteiger partial charge in [0.2, 0.25) is 0 Å². The summed E-state index contributed by atoms with van der Waals surface area (Å²) < 4.78 is 11.1. The normalized spacial score (nSPS) is 16.3. The van der Waals surface area contributed by atoms with Crippen molar-refractivity contribution in [3.8, 4) is 0 Å². The van der Waals surface area contributed by atoms with Gasteiger partial charge in [0.1, 0.15) is 6.10 Å². The van der Waals surface area contributed by atoms with Crippen molar-refractivity contribution in [3.63, 3.8) is 0 Å². The molecule has 0 spiro atoms. The summed E-state index contributed by atoms with van der Waals surface area (Å²) >= 11 is 0. The molecule has 1 saturated heterocycles. The highest BCUT2D eigenvalue weighted by Gasteiger charge is 2.21. The van der Waals surface area contributed by atoms with E-state index in [1.807, 2.05) is 60.7 Å². The van der Waals surface area contributed by atoms with Gasteiger partial charge in [-0.15, -0.1) is 0 Å². The molecule has 0 aliphatic carbocycles. The number of nitrogens with zero attached hydrogens (tertiary/aromatic N) is 1. The summed E-state index contributed by atoms with van der Waals surface area (Å²) in [5, 5.41) is 2.78. The smallest absolute Gasteiger partial charge is 0.412 e. The predicted molar refractivity (Wildman–Crippen MR) is 93.0 cm³/mol. The van der Waals surface area contributed by atoms with E-state index in [4.69, 9.17) is 9.47 Å². The van der Waals surface area contributed by atoms with E-state index in [1.54, 1.807) is 0 Å². The molecule has 0 saturated carbocycles. The van der Waals surface area contributed by atoms with Crippen molar-refractivity contribution in [2.75, 3.05) is 38.2 Å². The van der Waals surface area contributed by atoms with Crippen LogP contribution in [0.25, 0.3) is 0 Å². The number of rotatable bonds is 5. The fraction of sp³-hybridized carbons (Fsp3) is 0.316. The SMILES string of the molecule is O=C(Nc1ccccc1)OC(CN1CCOCC1)c1ccccc1. The highest BCUT2D eigenvalue weighted by molar-refractivity contribution is 5.84. The molecule has 24 heavy (non-hydrogen) atoms. The van der Waals surface area contributed by atoms with E-state index >= 15 is 0 Å². The molecular formula is C19H22N2O3. The highest BCUT2D eigenvalue weighted by Crippen LogP contribution is 2.20. The van der Waals surface area contributed by atoms with Crippen LogP contribution in [0.5, 0.6) is 0 Å². The molecule has 0 aromatic heterocycles. The van der Waals surface area contributed by atoms with E-state index in [0.717, 1.165) is 37.6 Å². The van der Waals surface area contributed by atoms with Gasteiger partial charge in [0, 0.05) is 25.3 Å². The number of amides is 1. The largest absolute Gasteiger partial charge is 0.440 e. The second-order valence-corrected chi connectivity index (χ2v) is 5.71. The van der Waals surface area contributed by atoms with E-state index < -0.39 is 6.09 Å². The van der Waals surface area contributed by atoms with Gasteiger partial charge < -0.3 is 9.47 Å². The number of hydrogen-bond acceptors (Lipinski definition) is 4. The van der Waals surface area contributed by atoms with E-state index in [2.05, 4.69) is 10.2 Å². The topological polar surface area (TPSA) is 50.8 Å². The van der Waals surface area contributed by atoms with E-state index in [1.165, 1.54) is 0 Å². The fourth-order valence-corrected chi connectivity index (χ4v) is 2.69. The fourth-order valence-electron chi connectivity index (χ4n) is 2.69. The lowest BCUT2D eigenvalue weighted by atomic mass is 10.1. The maximum Gasteiger partial charge on any atom is 0.412 e. The molecule has 5 heteroatoms. The van der Waals surface area contributed by atoms with E-state index in [9.17, 15) is 4.79 Å². The van der Waals surface area contributed by atoms with Gasteiger partial charge in [0.15, 0.2) is 0 Å². The molecule has 0 radical (unpaired) electrons. The molecule has 1 fully saturated rings. The van der Waals surface area contributed by atoms with E-state index in [-0.39, 0.29) is 6.10 Å². The quantitative estimate of drug-likeness (QED) is 0.916. The number of ether oxygens (including phenoxy) is 2. The summed E-state index contributed by atoms with van der Waals surface area (Å²) in [4.78, 5) is 14.5. The number of morpholine rings is 1. The van der Waals surface area contributed by atoms with Gasteiger partial charge in [-0.2, -0.15) is 0 Å². The summed E-state index contributed by atoms with van der Waals surface area (Å²) in [5.74, 6) is 0. The Balaban J connectivity index is 1.66. The Morgan fingerprint density at radius 3 is 2.33 bits per heavy atom. The average molecular weight is 326 g/mol. The van der Waals surface area contributed by atoms with Gasteiger partial charge in [-0.3, -0.25) is 10.2 Å². The van der Waals surface area contributed by atoms with Crippen LogP contribution in [0.2, 0.25) is 0 Å². The maximum absolute atomic E-state index is 12.3. The van der Waals surface area contributed by atoms with Crippen molar-refractivity contribution >= 4 is 11.8 Å². The van der Waals surface area contributed by atoms with Crippen LogP contribution in [0, 0.1) is 0 Å². The zero-order chi connectivity index (χ0) is 16.6. The molecule has 2 aromatic carbocycles. The molecule has 1 N–H and O–H groups in total. The molecular weight excluding hydrogens is 304 g/mol. The Bertz CT molecular complexity index is 628. The van der Waals surface area contributed by atoms with Crippen molar-refractivity contribution in [1.29, 1.82) is 0 Å². The first-order valence-electron chi connectivity index (χ1n) is 8.19. The van der Waals surface area contributed by atoms with Crippen molar-refractivity contribution in [3.05, 3.63) is 66.2 Å². The van der Waals surface area contributed by atoms with Crippen LogP contribution >= 0.6 is 0 Å². The molecule has 0 bridgehead atoms. The Kier molecular flexibility index (Phi) is 5.82. The summed E-state index contributed by atoms with van der Waals surface area (Å²) in [6.07, 6.45) is -0.753. The lowest BCUT2D eigenvalue weighted by Gasteiger charge is -2.30. The van der Waals surface area contributed by atoms with Crippen molar-refractivity contribution in [1.82, 2.24) is 4.90 Å². The van der Waals surface area contributed by atoms with Crippen molar-refractivity contribution in [2.45, 2.75) is 6.10 Å². The Morgan fingerprint density at radius 2 is 1.67 bits per heavy atom. The monoisotopic (exact) mass is 326 g/mol. The summed E-state index contributed by atoms with van der Waals surface area (Å²) in [5.41, 5.74) is 1.72. The van der Waals surface area contributed by atoms with Gasteiger partial charge in [-0.25, -0.2) is 4.79 Å². The van der Waals surface area contributed by atoms with E-state index in [0.29, 0.717) is 6.54 Å². The summed E-state index contributed by atoms with van der Waals surface area (Å²) in [6, 6.07) is 19.2. The molecule has 126 valence electrons. The zero-order valence-corrected chi connectivity index (χ0v) is 13.6. The van der Waals surface area contributed by atoms with Gasteiger partial charge in [-0.1, -0.05) is 48.5 Å². The Morgan fingerprint density at radius 1 is 1.04 bits per heavy atom. The molecule has 1 atom stereocenters. The summed E-state index contributed by atoms with van der Waals surface area (Å²) in [7, 11) is 0. The lowest BCUT2D eigenvalue weighted by Crippen LogP contribution is -2.39. The molecule has 1 aliphatic rings. The van der Waals surface area contributed by atoms with Crippen molar-refractivity contribution < 1.29 is 14.3 Å². The number of hydrogen-bond donors (Lipinski definition) is 1.